The Hall–Kier alpha value is -1.33. The molecular formula is C15H20ClN3O2. The maximum Gasteiger partial charge on any atom is 0.271 e. The number of non-ortho nitro benzene ring substituents is 1. The summed E-state index contributed by atoms with van der Waals surface area (Å²) in [5, 5.41) is 11.4. The van der Waals surface area contributed by atoms with Crippen molar-refractivity contribution in [2.75, 3.05) is 31.1 Å². The largest absolute Gasteiger partial charge is 0.367 e. The molecule has 6 heteroatoms. The molecule has 1 atom stereocenters. The van der Waals surface area contributed by atoms with E-state index in [1.54, 1.807) is 6.07 Å². The Morgan fingerprint density at radius 3 is 2.81 bits per heavy atom. The lowest BCUT2D eigenvalue weighted by Gasteiger charge is -2.45. The fraction of sp³-hybridized carbons (Fsp3) is 0.600. The van der Waals surface area contributed by atoms with Crippen molar-refractivity contribution in [3.05, 3.63) is 32.8 Å². The predicted octanol–water partition coefficient (Wildman–Crippen LogP) is 3.23. The van der Waals surface area contributed by atoms with Crippen LogP contribution in [0.5, 0.6) is 0 Å². The first-order valence-corrected chi connectivity index (χ1v) is 7.87. The summed E-state index contributed by atoms with van der Waals surface area (Å²) in [5.41, 5.74) is 1.92. The van der Waals surface area contributed by atoms with Crippen molar-refractivity contribution in [1.29, 1.82) is 0 Å². The van der Waals surface area contributed by atoms with E-state index < -0.39 is 0 Å². The van der Waals surface area contributed by atoms with Crippen LogP contribution < -0.4 is 4.90 Å². The molecule has 0 radical (unpaired) electrons. The molecule has 5 nitrogen and oxygen atoms in total. The first-order chi connectivity index (χ1) is 10.1. The molecule has 1 aromatic carbocycles. The number of halogens is 1. The van der Waals surface area contributed by atoms with Gasteiger partial charge < -0.3 is 4.90 Å². The highest BCUT2D eigenvalue weighted by Gasteiger charge is 2.30. The Morgan fingerprint density at radius 1 is 1.29 bits per heavy atom. The third kappa shape index (κ3) is 2.85. The Bertz CT molecular complexity index is 541. The van der Waals surface area contributed by atoms with Crippen LogP contribution in [0.1, 0.15) is 24.8 Å². The average Bonchev–Trinajstić information content (AvgIpc) is 2.46. The first-order valence-electron chi connectivity index (χ1n) is 7.50. The number of benzene rings is 1. The van der Waals surface area contributed by atoms with Crippen molar-refractivity contribution in [1.82, 2.24) is 4.90 Å². The molecule has 0 spiro atoms. The molecule has 0 aliphatic carbocycles. The van der Waals surface area contributed by atoms with Gasteiger partial charge >= 0.3 is 0 Å². The maximum atomic E-state index is 10.9. The number of nitro benzene ring substituents is 1. The van der Waals surface area contributed by atoms with E-state index in [1.165, 1.54) is 31.9 Å². The molecule has 0 aromatic heterocycles. The van der Waals surface area contributed by atoms with Gasteiger partial charge in [0, 0.05) is 37.8 Å². The standard InChI is InChI=1S/C15H20ClN3O2/c1-11-8-13(19(20)21)9-14(16)15(11)18-7-6-17-5-3-2-4-12(17)10-18/h8-9,12H,2-7,10H2,1H3. The smallest absolute Gasteiger partial charge is 0.271 e. The molecule has 0 bridgehead atoms. The Balaban J connectivity index is 1.85. The SMILES string of the molecule is Cc1cc([N+](=O)[O-])cc(Cl)c1N1CCN2CCCCC2C1. The van der Waals surface area contributed by atoms with Gasteiger partial charge in [-0.25, -0.2) is 0 Å². The average molecular weight is 310 g/mol. The summed E-state index contributed by atoms with van der Waals surface area (Å²) in [6.45, 7) is 6.07. The Morgan fingerprint density at radius 2 is 2.10 bits per heavy atom. The molecule has 0 N–H and O–H groups in total. The quantitative estimate of drug-likeness (QED) is 0.621. The van der Waals surface area contributed by atoms with Crippen LogP contribution in [0.4, 0.5) is 11.4 Å². The van der Waals surface area contributed by atoms with Gasteiger partial charge in [-0.15, -0.1) is 0 Å². The summed E-state index contributed by atoms with van der Waals surface area (Å²) in [7, 11) is 0. The second-order valence-electron chi connectivity index (χ2n) is 5.98. The minimum absolute atomic E-state index is 0.0672. The molecule has 2 heterocycles. The highest BCUT2D eigenvalue weighted by Crippen LogP contribution is 2.35. The fourth-order valence-electron chi connectivity index (χ4n) is 3.58. The summed E-state index contributed by atoms with van der Waals surface area (Å²) < 4.78 is 0. The normalized spacial score (nSPS) is 23.0. The first kappa shape index (κ1) is 14.6. The molecule has 0 amide bonds. The van der Waals surface area contributed by atoms with E-state index in [2.05, 4.69) is 9.80 Å². The van der Waals surface area contributed by atoms with Gasteiger partial charge in [-0.1, -0.05) is 18.0 Å². The van der Waals surface area contributed by atoms with Crippen molar-refractivity contribution in [2.24, 2.45) is 0 Å². The van der Waals surface area contributed by atoms with E-state index in [9.17, 15) is 10.1 Å². The topological polar surface area (TPSA) is 49.6 Å². The van der Waals surface area contributed by atoms with Crippen LogP contribution >= 0.6 is 11.6 Å². The molecule has 0 saturated carbocycles. The zero-order valence-electron chi connectivity index (χ0n) is 12.2. The summed E-state index contributed by atoms with van der Waals surface area (Å²) in [5.74, 6) is 0. The van der Waals surface area contributed by atoms with E-state index in [1.807, 2.05) is 6.92 Å². The number of piperazine rings is 1. The summed E-state index contributed by atoms with van der Waals surface area (Å²) in [6.07, 6.45) is 3.83. The highest BCUT2D eigenvalue weighted by atomic mass is 35.5. The van der Waals surface area contributed by atoms with Gasteiger partial charge in [-0.05, 0) is 31.9 Å². The lowest BCUT2D eigenvalue weighted by atomic mass is 9.98. The van der Waals surface area contributed by atoms with Gasteiger partial charge in [0.25, 0.3) is 5.69 Å². The second kappa shape index (κ2) is 5.81. The van der Waals surface area contributed by atoms with Gasteiger partial charge in [-0.3, -0.25) is 15.0 Å². The zero-order valence-corrected chi connectivity index (χ0v) is 13.0. The number of hydrogen-bond acceptors (Lipinski definition) is 4. The lowest BCUT2D eigenvalue weighted by molar-refractivity contribution is -0.384. The van der Waals surface area contributed by atoms with Crippen molar-refractivity contribution >= 4 is 23.0 Å². The Labute approximate surface area is 129 Å². The molecule has 3 rings (SSSR count). The molecule has 2 saturated heterocycles. The zero-order chi connectivity index (χ0) is 15.0. The maximum absolute atomic E-state index is 10.9. The number of nitrogens with zero attached hydrogens (tertiary/aromatic N) is 3. The van der Waals surface area contributed by atoms with Crippen LogP contribution in [0.2, 0.25) is 5.02 Å². The summed E-state index contributed by atoms with van der Waals surface area (Å²) in [4.78, 5) is 15.4. The number of nitro groups is 1. The van der Waals surface area contributed by atoms with E-state index in [-0.39, 0.29) is 10.6 Å². The number of anilines is 1. The summed E-state index contributed by atoms with van der Waals surface area (Å²) in [6, 6.07) is 3.68. The number of fused-ring (bicyclic) bond motifs is 1. The molecule has 1 unspecified atom stereocenters. The second-order valence-corrected chi connectivity index (χ2v) is 6.39. The van der Waals surface area contributed by atoms with Crippen molar-refractivity contribution in [3.63, 3.8) is 0 Å². The molecule has 2 aliphatic rings. The third-order valence-corrected chi connectivity index (χ3v) is 4.89. The van der Waals surface area contributed by atoms with E-state index in [4.69, 9.17) is 11.6 Å². The summed E-state index contributed by atoms with van der Waals surface area (Å²) >= 11 is 6.33. The van der Waals surface area contributed by atoms with Crippen LogP contribution in [0, 0.1) is 17.0 Å². The van der Waals surface area contributed by atoms with E-state index in [0.717, 1.165) is 30.9 Å². The number of rotatable bonds is 2. The van der Waals surface area contributed by atoms with Gasteiger partial charge in [0.15, 0.2) is 0 Å². The van der Waals surface area contributed by atoms with Crippen LogP contribution in [0.3, 0.4) is 0 Å². The van der Waals surface area contributed by atoms with Gasteiger partial charge in [0.2, 0.25) is 0 Å². The molecular weight excluding hydrogens is 290 g/mol. The van der Waals surface area contributed by atoms with Gasteiger partial charge in [0.05, 0.1) is 15.6 Å². The molecule has 2 aliphatic heterocycles. The number of aryl methyl sites for hydroxylation is 1. The van der Waals surface area contributed by atoms with Crippen molar-refractivity contribution < 1.29 is 4.92 Å². The van der Waals surface area contributed by atoms with E-state index >= 15 is 0 Å². The van der Waals surface area contributed by atoms with Crippen molar-refractivity contribution in [2.45, 2.75) is 32.2 Å². The fourth-order valence-corrected chi connectivity index (χ4v) is 3.96. The minimum Gasteiger partial charge on any atom is -0.367 e. The van der Waals surface area contributed by atoms with Gasteiger partial charge in [-0.2, -0.15) is 0 Å². The van der Waals surface area contributed by atoms with Crippen LogP contribution in [-0.4, -0.2) is 42.0 Å². The molecule has 114 valence electrons. The van der Waals surface area contributed by atoms with Crippen LogP contribution in [-0.2, 0) is 0 Å². The van der Waals surface area contributed by atoms with Crippen LogP contribution in [0.25, 0.3) is 0 Å². The van der Waals surface area contributed by atoms with Crippen LogP contribution in [0.15, 0.2) is 12.1 Å². The van der Waals surface area contributed by atoms with Gasteiger partial charge in [0.1, 0.15) is 0 Å². The third-order valence-electron chi connectivity index (χ3n) is 4.60. The molecule has 2 fully saturated rings. The molecule has 1 aromatic rings. The lowest BCUT2D eigenvalue weighted by Crippen LogP contribution is -2.55. The molecule has 21 heavy (non-hydrogen) atoms. The minimum atomic E-state index is -0.387. The number of piperidine rings is 1. The van der Waals surface area contributed by atoms with Crippen molar-refractivity contribution in [3.8, 4) is 0 Å². The van der Waals surface area contributed by atoms with E-state index in [0.29, 0.717) is 11.1 Å². The Kier molecular flexibility index (Phi) is 4.04. The predicted molar refractivity (Wildman–Crippen MR) is 84.3 cm³/mol. The monoisotopic (exact) mass is 309 g/mol. The highest BCUT2D eigenvalue weighted by molar-refractivity contribution is 6.33. The number of hydrogen-bond donors (Lipinski definition) is 0.